The van der Waals surface area contributed by atoms with Crippen LogP contribution in [0.15, 0.2) is 24.3 Å². The van der Waals surface area contributed by atoms with Gasteiger partial charge in [-0.05, 0) is 24.1 Å². The lowest BCUT2D eigenvalue weighted by molar-refractivity contribution is 0.0827. The number of halogens is 2. The number of carbonyl (C=O) groups is 1. The normalized spacial score (nSPS) is 12.6. The van der Waals surface area contributed by atoms with E-state index in [1.54, 1.807) is 38.4 Å². The van der Waals surface area contributed by atoms with Crippen molar-refractivity contribution < 1.29 is 13.6 Å². The number of carbonyl (C=O) groups excluding carboxylic acids is 1. The van der Waals surface area contributed by atoms with Crippen molar-refractivity contribution in [2.75, 3.05) is 14.1 Å². The lowest BCUT2D eigenvalue weighted by Gasteiger charge is -2.12. The standard InChI is InChI=1S/C12H16F2N2O/c1-16(2)12(17)9-5-3-8(4-6-9)7-10(15)11(13)14/h3-6,10-11H,7,15H2,1-2H3. The first-order valence-electron chi connectivity index (χ1n) is 5.26. The van der Waals surface area contributed by atoms with Crippen molar-refractivity contribution in [3.63, 3.8) is 0 Å². The third-order valence-electron chi connectivity index (χ3n) is 2.40. The number of alkyl halides is 2. The first kappa shape index (κ1) is 13.6. The summed E-state index contributed by atoms with van der Waals surface area (Å²) >= 11 is 0. The van der Waals surface area contributed by atoms with Crippen LogP contribution in [0.4, 0.5) is 8.78 Å². The molecule has 1 aromatic carbocycles. The second-order valence-electron chi connectivity index (χ2n) is 4.10. The number of amides is 1. The van der Waals surface area contributed by atoms with Crippen molar-refractivity contribution >= 4 is 5.91 Å². The Kier molecular flexibility index (Phi) is 4.57. The minimum atomic E-state index is -2.53. The van der Waals surface area contributed by atoms with Gasteiger partial charge >= 0.3 is 0 Å². The molecule has 5 heteroatoms. The van der Waals surface area contributed by atoms with Crippen LogP contribution in [0.25, 0.3) is 0 Å². The summed E-state index contributed by atoms with van der Waals surface area (Å²) < 4.78 is 24.5. The lowest BCUT2D eigenvalue weighted by Crippen LogP contribution is -2.30. The first-order valence-corrected chi connectivity index (χ1v) is 5.26. The molecule has 0 saturated heterocycles. The third kappa shape index (κ3) is 3.78. The fourth-order valence-electron chi connectivity index (χ4n) is 1.40. The average molecular weight is 242 g/mol. The Hall–Kier alpha value is -1.49. The van der Waals surface area contributed by atoms with Gasteiger partial charge in [0.05, 0.1) is 6.04 Å². The smallest absolute Gasteiger partial charge is 0.253 e. The van der Waals surface area contributed by atoms with E-state index < -0.39 is 12.5 Å². The molecule has 1 aromatic rings. The van der Waals surface area contributed by atoms with E-state index in [4.69, 9.17) is 5.73 Å². The van der Waals surface area contributed by atoms with Crippen molar-refractivity contribution in [3.8, 4) is 0 Å². The van der Waals surface area contributed by atoms with Gasteiger partial charge in [0.15, 0.2) is 0 Å². The largest absolute Gasteiger partial charge is 0.345 e. The van der Waals surface area contributed by atoms with E-state index in [-0.39, 0.29) is 12.3 Å². The highest BCUT2D eigenvalue weighted by molar-refractivity contribution is 5.93. The van der Waals surface area contributed by atoms with Crippen LogP contribution < -0.4 is 5.73 Å². The number of nitrogens with zero attached hydrogens (tertiary/aromatic N) is 1. The molecule has 2 N–H and O–H groups in total. The van der Waals surface area contributed by atoms with Gasteiger partial charge in [-0.1, -0.05) is 12.1 Å². The summed E-state index contributed by atoms with van der Waals surface area (Å²) in [4.78, 5) is 13.0. The van der Waals surface area contributed by atoms with Gasteiger partial charge in [0, 0.05) is 19.7 Å². The number of benzene rings is 1. The summed E-state index contributed by atoms with van der Waals surface area (Å²) in [6.45, 7) is 0. The minimum Gasteiger partial charge on any atom is -0.345 e. The predicted molar refractivity (Wildman–Crippen MR) is 62.1 cm³/mol. The van der Waals surface area contributed by atoms with Gasteiger partial charge in [-0.3, -0.25) is 4.79 Å². The van der Waals surface area contributed by atoms with Crippen LogP contribution in [0.1, 0.15) is 15.9 Å². The molecule has 0 radical (unpaired) electrons. The molecule has 0 spiro atoms. The summed E-state index contributed by atoms with van der Waals surface area (Å²) in [5, 5.41) is 0. The molecule has 0 bridgehead atoms. The van der Waals surface area contributed by atoms with Gasteiger partial charge in [0.2, 0.25) is 0 Å². The quantitative estimate of drug-likeness (QED) is 0.870. The van der Waals surface area contributed by atoms with E-state index in [1.807, 2.05) is 0 Å². The van der Waals surface area contributed by atoms with Crippen molar-refractivity contribution in [1.29, 1.82) is 0 Å². The molecule has 1 unspecified atom stereocenters. The zero-order chi connectivity index (χ0) is 13.0. The van der Waals surface area contributed by atoms with Crippen molar-refractivity contribution in [1.82, 2.24) is 4.90 Å². The molecule has 3 nitrogen and oxygen atoms in total. The van der Waals surface area contributed by atoms with Gasteiger partial charge < -0.3 is 10.6 Å². The van der Waals surface area contributed by atoms with Gasteiger partial charge in [-0.25, -0.2) is 8.78 Å². The van der Waals surface area contributed by atoms with Crippen molar-refractivity contribution in [3.05, 3.63) is 35.4 Å². The van der Waals surface area contributed by atoms with E-state index in [0.717, 1.165) is 0 Å². The Labute approximate surface area is 99.2 Å². The van der Waals surface area contributed by atoms with Crippen LogP contribution in [0.2, 0.25) is 0 Å². The zero-order valence-corrected chi connectivity index (χ0v) is 9.86. The minimum absolute atomic E-state index is 0.105. The molecule has 0 saturated carbocycles. The zero-order valence-electron chi connectivity index (χ0n) is 9.86. The molecular formula is C12H16F2N2O. The Morgan fingerprint density at radius 3 is 2.24 bits per heavy atom. The molecule has 0 aliphatic rings. The summed E-state index contributed by atoms with van der Waals surface area (Å²) in [5.41, 5.74) is 6.50. The Morgan fingerprint density at radius 1 is 1.29 bits per heavy atom. The third-order valence-corrected chi connectivity index (χ3v) is 2.40. The fraction of sp³-hybridized carbons (Fsp3) is 0.417. The topological polar surface area (TPSA) is 46.3 Å². The molecule has 0 aromatic heterocycles. The average Bonchev–Trinajstić information content (AvgIpc) is 2.28. The second-order valence-corrected chi connectivity index (χ2v) is 4.10. The van der Waals surface area contributed by atoms with Gasteiger partial charge in [0.1, 0.15) is 0 Å². The molecule has 1 amide bonds. The van der Waals surface area contributed by atoms with Crippen LogP contribution in [-0.2, 0) is 6.42 Å². The Morgan fingerprint density at radius 2 is 1.82 bits per heavy atom. The second kappa shape index (κ2) is 5.72. The molecule has 94 valence electrons. The predicted octanol–water partition coefficient (Wildman–Crippen LogP) is 1.52. The van der Waals surface area contributed by atoms with Crippen LogP contribution >= 0.6 is 0 Å². The van der Waals surface area contributed by atoms with Crippen LogP contribution in [0, 0.1) is 0 Å². The molecule has 0 heterocycles. The van der Waals surface area contributed by atoms with E-state index in [0.29, 0.717) is 11.1 Å². The number of hydrogen-bond acceptors (Lipinski definition) is 2. The first-order chi connectivity index (χ1) is 7.91. The van der Waals surface area contributed by atoms with Gasteiger partial charge in [-0.2, -0.15) is 0 Å². The van der Waals surface area contributed by atoms with Crippen LogP contribution in [-0.4, -0.2) is 37.4 Å². The molecule has 1 rings (SSSR count). The van der Waals surface area contributed by atoms with E-state index >= 15 is 0 Å². The Bertz CT molecular complexity index is 377. The van der Waals surface area contributed by atoms with Crippen LogP contribution in [0.5, 0.6) is 0 Å². The maximum atomic E-state index is 12.2. The fourth-order valence-corrected chi connectivity index (χ4v) is 1.40. The Balaban J connectivity index is 2.72. The summed E-state index contributed by atoms with van der Waals surface area (Å²) in [6, 6.07) is 5.38. The summed E-state index contributed by atoms with van der Waals surface area (Å²) in [7, 11) is 3.31. The van der Waals surface area contributed by atoms with E-state index in [2.05, 4.69) is 0 Å². The number of rotatable bonds is 4. The summed E-state index contributed by atoms with van der Waals surface area (Å²) in [6.07, 6.45) is -2.42. The summed E-state index contributed by atoms with van der Waals surface area (Å²) in [5.74, 6) is -0.116. The molecule has 1 atom stereocenters. The maximum absolute atomic E-state index is 12.2. The van der Waals surface area contributed by atoms with E-state index in [9.17, 15) is 13.6 Å². The lowest BCUT2D eigenvalue weighted by atomic mass is 10.0. The molecule has 0 fully saturated rings. The monoisotopic (exact) mass is 242 g/mol. The van der Waals surface area contributed by atoms with Gasteiger partial charge in [-0.15, -0.1) is 0 Å². The highest BCUT2D eigenvalue weighted by atomic mass is 19.3. The maximum Gasteiger partial charge on any atom is 0.253 e. The molecular weight excluding hydrogens is 226 g/mol. The highest BCUT2D eigenvalue weighted by Crippen LogP contribution is 2.10. The molecule has 0 aliphatic carbocycles. The van der Waals surface area contributed by atoms with Crippen LogP contribution in [0.3, 0.4) is 0 Å². The van der Waals surface area contributed by atoms with Crippen molar-refractivity contribution in [2.45, 2.75) is 18.9 Å². The number of hydrogen-bond donors (Lipinski definition) is 1. The van der Waals surface area contributed by atoms with Crippen molar-refractivity contribution in [2.24, 2.45) is 5.73 Å². The molecule has 0 aliphatic heterocycles. The number of nitrogens with two attached hydrogens (primary N) is 1. The van der Waals surface area contributed by atoms with E-state index in [1.165, 1.54) is 4.90 Å². The highest BCUT2D eigenvalue weighted by Gasteiger charge is 2.15. The molecule has 17 heavy (non-hydrogen) atoms. The van der Waals surface area contributed by atoms with Gasteiger partial charge in [0.25, 0.3) is 12.3 Å². The SMILES string of the molecule is CN(C)C(=O)c1ccc(CC(N)C(F)F)cc1.